The van der Waals surface area contributed by atoms with E-state index < -0.39 is 0 Å². The van der Waals surface area contributed by atoms with Crippen molar-refractivity contribution >= 4 is 29.9 Å². The van der Waals surface area contributed by atoms with Gasteiger partial charge < -0.3 is 16.4 Å². The highest BCUT2D eigenvalue weighted by molar-refractivity contribution is 5.92. The molecular weight excluding hydrogens is 326 g/mol. The van der Waals surface area contributed by atoms with Gasteiger partial charge in [-0.05, 0) is 43.4 Å². The zero-order valence-electron chi connectivity index (χ0n) is 14.4. The molecule has 134 valence electrons. The number of rotatable bonds is 6. The molecular formula is C18H28ClN3O2. The van der Waals surface area contributed by atoms with Crippen LogP contribution in [-0.2, 0) is 16.1 Å². The van der Waals surface area contributed by atoms with Gasteiger partial charge in [-0.15, -0.1) is 12.4 Å². The summed E-state index contributed by atoms with van der Waals surface area (Å²) in [5, 5.41) is 5.88. The minimum absolute atomic E-state index is 0. The molecule has 6 heteroatoms. The predicted octanol–water partition coefficient (Wildman–Crippen LogP) is 2.84. The first-order chi connectivity index (χ1) is 11.0. The first-order valence-electron chi connectivity index (χ1n) is 8.42. The number of nitrogens with one attached hydrogen (secondary N) is 2. The Morgan fingerprint density at radius 2 is 2.08 bits per heavy atom. The summed E-state index contributed by atoms with van der Waals surface area (Å²) >= 11 is 0. The fraction of sp³-hybridized carbons (Fsp3) is 0.556. The van der Waals surface area contributed by atoms with E-state index in [9.17, 15) is 9.59 Å². The Bertz CT molecular complexity index is 565. The monoisotopic (exact) mass is 353 g/mol. The molecule has 0 bridgehead atoms. The van der Waals surface area contributed by atoms with E-state index >= 15 is 0 Å². The average molecular weight is 354 g/mol. The van der Waals surface area contributed by atoms with Crippen LogP contribution < -0.4 is 16.4 Å². The van der Waals surface area contributed by atoms with E-state index in [2.05, 4.69) is 10.6 Å². The van der Waals surface area contributed by atoms with Crippen molar-refractivity contribution in [2.45, 2.75) is 52.1 Å². The summed E-state index contributed by atoms with van der Waals surface area (Å²) in [5.41, 5.74) is 7.60. The van der Waals surface area contributed by atoms with Crippen molar-refractivity contribution in [3.05, 3.63) is 29.8 Å². The van der Waals surface area contributed by atoms with Gasteiger partial charge >= 0.3 is 0 Å². The minimum atomic E-state index is -0.00932. The van der Waals surface area contributed by atoms with Crippen molar-refractivity contribution in [1.29, 1.82) is 0 Å². The van der Waals surface area contributed by atoms with Gasteiger partial charge in [-0.25, -0.2) is 0 Å². The lowest BCUT2D eigenvalue weighted by molar-refractivity contribution is -0.125. The van der Waals surface area contributed by atoms with Crippen molar-refractivity contribution in [3.8, 4) is 0 Å². The molecule has 5 nitrogen and oxygen atoms in total. The van der Waals surface area contributed by atoms with Crippen molar-refractivity contribution in [3.63, 3.8) is 0 Å². The summed E-state index contributed by atoms with van der Waals surface area (Å²) < 4.78 is 0. The fourth-order valence-corrected chi connectivity index (χ4v) is 2.80. The van der Waals surface area contributed by atoms with Crippen LogP contribution in [0.25, 0.3) is 0 Å². The fourth-order valence-electron chi connectivity index (χ4n) is 2.80. The van der Waals surface area contributed by atoms with Crippen molar-refractivity contribution in [2.75, 3.05) is 5.32 Å². The van der Waals surface area contributed by atoms with Crippen LogP contribution in [0.1, 0.15) is 45.1 Å². The molecule has 1 saturated carbocycles. The Morgan fingerprint density at radius 3 is 2.71 bits per heavy atom. The number of benzene rings is 1. The van der Waals surface area contributed by atoms with Gasteiger partial charge in [0, 0.05) is 30.1 Å². The van der Waals surface area contributed by atoms with Crippen LogP contribution in [0.3, 0.4) is 0 Å². The van der Waals surface area contributed by atoms with E-state index in [1.54, 1.807) is 0 Å². The molecule has 2 amide bonds. The number of nitrogens with two attached hydrogens (primary N) is 1. The smallest absolute Gasteiger partial charge is 0.227 e. The highest BCUT2D eigenvalue weighted by Crippen LogP contribution is 2.24. The topological polar surface area (TPSA) is 84.2 Å². The molecule has 1 aromatic rings. The molecule has 2 rings (SSSR count). The third-order valence-electron chi connectivity index (χ3n) is 4.57. The van der Waals surface area contributed by atoms with Crippen LogP contribution in [0.5, 0.6) is 0 Å². The van der Waals surface area contributed by atoms with E-state index in [0.717, 1.165) is 36.9 Å². The Morgan fingerprint density at radius 1 is 1.33 bits per heavy atom. The number of anilines is 1. The summed E-state index contributed by atoms with van der Waals surface area (Å²) in [4.78, 5) is 24.1. The Hall–Kier alpha value is -1.59. The number of hydrogen-bond donors (Lipinski definition) is 3. The number of carbonyl (C=O) groups excluding carboxylic acids is 2. The third-order valence-corrected chi connectivity index (χ3v) is 4.57. The molecule has 1 aliphatic carbocycles. The highest BCUT2D eigenvalue weighted by Gasteiger charge is 2.27. The van der Waals surface area contributed by atoms with Gasteiger partial charge in [0.15, 0.2) is 0 Å². The highest BCUT2D eigenvalue weighted by atomic mass is 35.5. The second kappa shape index (κ2) is 9.64. The first kappa shape index (κ1) is 20.5. The second-order valence-corrected chi connectivity index (χ2v) is 6.49. The maximum atomic E-state index is 12.1. The quantitative estimate of drug-likeness (QED) is 0.735. The summed E-state index contributed by atoms with van der Waals surface area (Å²) in [6.45, 7) is 4.37. The molecule has 24 heavy (non-hydrogen) atoms. The van der Waals surface area contributed by atoms with Gasteiger partial charge in [-0.1, -0.05) is 26.0 Å². The van der Waals surface area contributed by atoms with Gasteiger partial charge in [0.1, 0.15) is 0 Å². The largest absolute Gasteiger partial charge is 0.352 e. The van der Waals surface area contributed by atoms with E-state index in [-0.39, 0.29) is 42.1 Å². The zero-order valence-corrected chi connectivity index (χ0v) is 15.2. The number of amides is 2. The standard InChI is InChI=1S/C18H27N3O2.ClH/c1-3-12(2)17(22)21-16-6-4-5-13(9-16)11-20-18(23)14-7-8-15(19)10-14;/h4-6,9,12,14-15H,3,7-8,10-11,19H2,1-2H3,(H,20,23)(H,21,22);1H. The van der Waals surface area contributed by atoms with E-state index in [1.807, 2.05) is 38.1 Å². The van der Waals surface area contributed by atoms with Gasteiger partial charge in [0.25, 0.3) is 0 Å². The lowest BCUT2D eigenvalue weighted by Crippen LogP contribution is -2.30. The molecule has 0 saturated heterocycles. The van der Waals surface area contributed by atoms with Gasteiger partial charge in [-0.3, -0.25) is 9.59 Å². The summed E-state index contributed by atoms with van der Waals surface area (Å²) in [6, 6.07) is 7.76. The summed E-state index contributed by atoms with van der Waals surface area (Å²) in [5.74, 6) is 0.129. The van der Waals surface area contributed by atoms with Crippen LogP contribution >= 0.6 is 12.4 Å². The molecule has 0 aliphatic heterocycles. The molecule has 1 fully saturated rings. The molecule has 0 aromatic heterocycles. The third kappa shape index (κ3) is 5.80. The molecule has 0 radical (unpaired) electrons. The Balaban J connectivity index is 0.00000288. The van der Waals surface area contributed by atoms with E-state index in [0.29, 0.717) is 6.54 Å². The lowest BCUT2D eigenvalue weighted by atomic mass is 10.1. The molecule has 4 N–H and O–H groups in total. The maximum absolute atomic E-state index is 12.1. The normalized spacial score (nSPS) is 20.8. The zero-order chi connectivity index (χ0) is 16.8. The average Bonchev–Trinajstić information content (AvgIpc) is 2.98. The molecule has 1 aliphatic rings. The van der Waals surface area contributed by atoms with Gasteiger partial charge in [0.05, 0.1) is 0 Å². The number of halogens is 1. The van der Waals surface area contributed by atoms with Gasteiger partial charge in [-0.2, -0.15) is 0 Å². The molecule has 3 unspecified atom stereocenters. The van der Waals surface area contributed by atoms with Crippen LogP contribution in [0.15, 0.2) is 24.3 Å². The van der Waals surface area contributed by atoms with Crippen LogP contribution in [-0.4, -0.2) is 17.9 Å². The van der Waals surface area contributed by atoms with Crippen LogP contribution in [0.2, 0.25) is 0 Å². The van der Waals surface area contributed by atoms with Crippen molar-refractivity contribution < 1.29 is 9.59 Å². The predicted molar refractivity (Wildman–Crippen MR) is 98.9 cm³/mol. The van der Waals surface area contributed by atoms with Gasteiger partial charge in [0.2, 0.25) is 11.8 Å². The van der Waals surface area contributed by atoms with E-state index in [4.69, 9.17) is 5.73 Å². The van der Waals surface area contributed by atoms with Crippen molar-refractivity contribution in [2.24, 2.45) is 17.6 Å². The van der Waals surface area contributed by atoms with Crippen molar-refractivity contribution in [1.82, 2.24) is 5.32 Å². The molecule has 0 spiro atoms. The van der Waals surface area contributed by atoms with Crippen LogP contribution in [0, 0.1) is 11.8 Å². The molecule has 0 heterocycles. The summed E-state index contributed by atoms with van der Waals surface area (Å²) in [7, 11) is 0. The Labute approximate surface area is 150 Å². The second-order valence-electron chi connectivity index (χ2n) is 6.49. The SMILES string of the molecule is CCC(C)C(=O)Nc1cccc(CNC(=O)C2CCC(N)C2)c1.Cl. The molecule has 1 aromatic carbocycles. The van der Waals surface area contributed by atoms with Crippen LogP contribution in [0.4, 0.5) is 5.69 Å². The number of carbonyl (C=O) groups is 2. The summed E-state index contributed by atoms with van der Waals surface area (Å²) in [6.07, 6.45) is 3.38. The van der Waals surface area contributed by atoms with E-state index in [1.165, 1.54) is 0 Å². The Kier molecular flexibility index (Phi) is 8.22. The number of hydrogen-bond acceptors (Lipinski definition) is 3. The molecule has 3 atom stereocenters. The maximum Gasteiger partial charge on any atom is 0.227 e. The lowest BCUT2D eigenvalue weighted by Gasteiger charge is -2.13. The first-order valence-corrected chi connectivity index (χ1v) is 8.42. The minimum Gasteiger partial charge on any atom is -0.352 e.